The maximum absolute atomic E-state index is 14.6. The molecule has 0 radical (unpaired) electrons. The van der Waals surface area contributed by atoms with Gasteiger partial charge in [0.15, 0.2) is 5.82 Å². The SMILES string of the molecule is COc1ccc(CNC(=O)N2CCCC(CS(=O)(=O)NNC(=O)c3cc(-c4cn(C)cn4)cc(Cl)c3F)C2)cc1. The molecule has 3 aromatic rings. The zero-order chi connectivity index (χ0) is 28.9. The first-order chi connectivity index (χ1) is 19.0. The van der Waals surface area contributed by atoms with Crippen LogP contribution in [0.4, 0.5) is 9.18 Å². The Balaban J connectivity index is 1.31. The van der Waals surface area contributed by atoms with Crippen LogP contribution in [0.15, 0.2) is 48.9 Å². The molecule has 1 saturated heterocycles. The van der Waals surface area contributed by atoms with E-state index in [0.717, 1.165) is 5.56 Å². The Bertz CT molecular complexity index is 1480. The summed E-state index contributed by atoms with van der Waals surface area (Å²) >= 11 is 5.98. The molecule has 1 aromatic heterocycles. The standard InChI is InChI=1S/C26H30ClFN6O5S/c1-33-14-23(30-16-33)19-10-21(24(28)22(27)11-19)25(35)31-32-40(37,38)15-18-4-3-9-34(13-18)26(36)29-12-17-5-7-20(39-2)8-6-17/h5-8,10-11,14,16,18,32H,3-4,9,12-13,15H2,1-2H3,(H,29,36)(H,31,35). The second kappa shape index (κ2) is 12.7. The van der Waals surface area contributed by atoms with Gasteiger partial charge in [0.25, 0.3) is 5.91 Å². The summed E-state index contributed by atoms with van der Waals surface area (Å²) in [4.78, 5) is 33.1. The van der Waals surface area contributed by atoms with E-state index in [0.29, 0.717) is 42.9 Å². The summed E-state index contributed by atoms with van der Waals surface area (Å²) in [6, 6.07) is 9.58. The number of imidazole rings is 1. The average molecular weight is 593 g/mol. The van der Waals surface area contributed by atoms with Crippen molar-refractivity contribution >= 4 is 33.6 Å². The number of carbonyl (C=O) groups is 2. The number of nitrogens with zero attached hydrogens (tertiary/aromatic N) is 3. The molecule has 2 heterocycles. The van der Waals surface area contributed by atoms with E-state index in [9.17, 15) is 22.4 Å². The first-order valence-electron chi connectivity index (χ1n) is 12.5. The summed E-state index contributed by atoms with van der Waals surface area (Å²) in [5, 5.41) is 2.55. The predicted molar refractivity (Wildman–Crippen MR) is 148 cm³/mol. The van der Waals surface area contributed by atoms with Gasteiger partial charge in [-0.05, 0) is 48.6 Å². The van der Waals surface area contributed by atoms with Crippen LogP contribution in [0.1, 0.15) is 28.8 Å². The van der Waals surface area contributed by atoms with Gasteiger partial charge < -0.3 is 19.5 Å². The van der Waals surface area contributed by atoms with Gasteiger partial charge in [-0.1, -0.05) is 23.7 Å². The van der Waals surface area contributed by atoms with Crippen molar-refractivity contribution in [2.45, 2.75) is 19.4 Å². The zero-order valence-corrected chi connectivity index (χ0v) is 23.6. The third-order valence-corrected chi connectivity index (χ3v) is 8.06. The molecule has 1 atom stereocenters. The maximum atomic E-state index is 14.6. The third-order valence-electron chi connectivity index (χ3n) is 6.46. The number of aromatic nitrogens is 2. The fourth-order valence-electron chi connectivity index (χ4n) is 4.43. The molecule has 14 heteroatoms. The Morgan fingerprint density at radius 3 is 2.65 bits per heavy atom. The Morgan fingerprint density at radius 2 is 1.98 bits per heavy atom. The molecular formula is C26H30ClFN6O5S. The van der Waals surface area contributed by atoms with Gasteiger partial charge in [0, 0.05) is 38.4 Å². The van der Waals surface area contributed by atoms with Gasteiger partial charge in [-0.15, -0.1) is 4.83 Å². The van der Waals surface area contributed by atoms with Crippen molar-refractivity contribution in [2.75, 3.05) is 26.0 Å². The van der Waals surface area contributed by atoms with Gasteiger partial charge >= 0.3 is 6.03 Å². The van der Waals surface area contributed by atoms with Crippen molar-refractivity contribution in [3.8, 4) is 17.0 Å². The van der Waals surface area contributed by atoms with Crippen molar-refractivity contribution < 1.29 is 27.1 Å². The summed E-state index contributed by atoms with van der Waals surface area (Å²) in [6.07, 6.45) is 4.43. The number of amides is 3. The minimum Gasteiger partial charge on any atom is -0.497 e. The molecule has 1 unspecified atom stereocenters. The van der Waals surface area contributed by atoms with Gasteiger partial charge in [-0.3, -0.25) is 10.2 Å². The lowest BCUT2D eigenvalue weighted by atomic mass is 10.0. The minimum absolute atomic E-state index is 0.236. The molecule has 0 aliphatic carbocycles. The number of piperidine rings is 1. The molecule has 0 saturated carbocycles. The fourth-order valence-corrected chi connectivity index (χ4v) is 5.87. The number of hydrogen-bond acceptors (Lipinski definition) is 6. The largest absolute Gasteiger partial charge is 0.497 e. The number of sulfonamides is 1. The quantitative estimate of drug-likeness (QED) is 0.327. The van der Waals surface area contributed by atoms with Crippen molar-refractivity contribution in [3.05, 3.63) is 70.9 Å². The fraction of sp³-hybridized carbons (Fsp3) is 0.346. The molecule has 40 heavy (non-hydrogen) atoms. The van der Waals surface area contributed by atoms with E-state index in [4.69, 9.17) is 16.3 Å². The van der Waals surface area contributed by atoms with E-state index in [1.54, 1.807) is 42.0 Å². The summed E-state index contributed by atoms with van der Waals surface area (Å²) < 4.78 is 46.9. The van der Waals surface area contributed by atoms with E-state index in [1.165, 1.54) is 18.5 Å². The number of carbonyl (C=O) groups excluding carboxylic acids is 2. The van der Waals surface area contributed by atoms with Gasteiger partial charge in [-0.25, -0.2) is 22.6 Å². The molecule has 1 aliphatic heterocycles. The summed E-state index contributed by atoms with van der Waals surface area (Å²) in [5.41, 5.74) is 3.38. The number of hydrazine groups is 1. The lowest BCUT2D eigenvalue weighted by molar-refractivity contribution is 0.0941. The minimum atomic E-state index is -4.00. The van der Waals surface area contributed by atoms with Crippen LogP contribution in [0.3, 0.4) is 0 Å². The number of halogens is 2. The molecule has 4 rings (SSSR count). The zero-order valence-electron chi connectivity index (χ0n) is 22.0. The second-order valence-electron chi connectivity index (χ2n) is 9.54. The number of hydrogen-bond donors (Lipinski definition) is 3. The molecule has 11 nitrogen and oxygen atoms in total. The van der Waals surface area contributed by atoms with Crippen molar-refractivity contribution in [1.82, 2.24) is 30.0 Å². The number of ether oxygens (including phenoxy) is 1. The molecule has 0 bridgehead atoms. The number of benzene rings is 2. The molecule has 1 aliphatic rings. The summed E-state index contributed by atoms with van der Waals surface area (Å²) in [7, 11) is -0.671. The summed E-state index contributed by atoms with van der Waals surface area (Å²) in [5.74, 6) is -1.96. The van der Waals surface area contributed by atoms with Crippen LogP contribution in [0.5, 0.6) is 5.75 Å². The highest BCUT2D eigenvalue weighted by Gasteiger charge is 2.28. The monoisotopic (exact) mass is 592 g/mol. The topological polar surface area (TPSA) is 135 Å². The second-order valence-corrected chi connectivity index (χ2v) is 11.7. The average Bonchev–Trinajstić information content (AvgIpc) is 3.38. The Hall–Kier alpha value is -3.68. The number of rotatable bonds is 9. The maximum Gasteiger partial charge on any atom is 0.317 e. The Labute approximate surface area is 236 Å². The van der Waals surface area contributed by atoms with Gasteiger partial charge in [-0.2, -0.15) is 0 Å². The highest BCUT2D eigenvalue weighted by molar-refractivity contribution is 7.89. The van der Waals surface area contributed by atoms with Gasteiger partial charge in [0.1, 0.15) is 5.75 Å². The summed E-state index contributed by atoms with van der Waals surface area (Å²) in [6.45, 7) is 1.06. The molecule has 0 spiro atoms. The molecule has 2 aromatic carbocycles. The first-order valence-corrected chi connectivity index (χ1v) is 14.5. The van der Waals surface area contributed by atoms with Crippen LogP contribution in [0.2, 0.25) is 5.02 Å². The molecule has 3 N–H and O–H groups in total. The molecule has 214 valence electrons. The number of urea groups is 1. The molecular weight excluding hydrogens is 563 g/mol. The highest BCUT2D eigenvalue weighted by Crippen LogP contribution is 2.27. The smallest absolute Gasteiger partial charge is 0.317 e. The van der Waals surface area contributed by atoms with E-state index in [1.807, 2.05) is 17.0 Å². The molecule has 1 fully saturated rings. The number of methoxy groups -OCH3 is 1. The van der Waals surface area contributed by atoms with Crippen molar-refractivity contribution in [3.63, 3.8) is 0 Å². The number of aryl methyl sites for hydroxylation is 1. The lowest BCUT2D eigenvalue weighted by Gasteiger charge is -2.32. The van der Waals surface area contributed by atoms with Crippen LogP contribution in [0, 0.1) is 11.7 Å². The first kappa shape index (κ1) is 29.3. The van der Waals surface area contributed by atoms with Crippen LogP contribution in [0.25, 0.3) is 11.3 Å². The Morgan fingerprint density at radius 1 is 1.23 bits per heavy atom. The van der Waals surface area contributed by atoms with E-state index < -0.39 is 27.3 Å². The van der Waals surface area contributed by atoms with Crippen molar-refractivity contribution in [2.24, 2.45) is 13.0 Å². The number of likely N-dealkylation sites (tertiary alicyclic amines) is 1. The lowest BCUT2D eigenvalue weighted by Crippen LogP contribution is -2.49. The van der Waals surface area contributed by atoms with Crippen molar-refractivity contribution in [1.29, 1.82) is 0 Å². The van der Waals surface area contributed by atoms with Crippen LogP contribution < -0.4 is 20.3 Å². The van der Waals surface area contributed by atoms with Crippen LogP contribution in [-0.4, -0.2) is 60.8 Å². The van der Waals surface area contributed by atoms with Gasteiger partial charge in [0.05, 0.1) is 35.5 Å². The number of nitrogens with one attached hydrogen (secondary N) is 3. The van der Waals surface area contributed by atoms with E-state index >= 15 is 0 Å². The van der Waals surface area contributed by atoms with E-state index in [-0.39, 0.29) is 29.3 Å². The third kappa shape index (κ3) is 7.49. The molecule has 3 amide bonds. The van der Waals surface area contributed by atoms with Gasteiger partial charge in [0.2, 0.25) is 10.0 Å². The van der Waals surface area contributed by atoms with Crippen LogP contribution in [-0.2, 0) is 23.6 Å². The van der Waals surface area contributed by atoms with Crippen LogP contribution >= 0.6 is 11.6 Å². The highest BCUT2D eigenvalue weighted by atomic mass is 35.5. The predicted octanol–water partition coefficient (Wildman–Crippen LogP) is 3.07. The van der Waals surface area contributed by atoms with E-state index in [2.05, 4.69) is 15.7 Å². The Kier molecular flexibility index (Phi) is 9.28. The normalized spacial score (nSPS) is 15.5.